The van der Waals surface area contributed by atoms with Crippen molar-refractivity contribution < 1.29 is 0 Å². The summed E-state index contributed by atoms with van der Waals surface area (Å²) in [6, 6.07) is 0.230. The van der Waals surface area contributed by atoms with Gasteiger partial charge in [-0.15, -0.1) is 11.8 Å². The first kappa shape index (κ1) is 10.5. The minimum absolute atomic E-state index is 0.230. The van der Waals surface area contributed by atoms with E-state index in [0.717, 1.165) is 12.8 Å². The Morgan fingerprint density at radius 2 is 2.00 bits per heavy atom. The van der Waals surface area contributed by atoms with Gasteiger partial charge in [0.05, 0.1) is 0 Å². The fourth-order valence-corrected chi connectivity index (χ4v) is 0.785. The maximum atomic E-state index is 5.53. The molecule has 0 aromatic heterocycles. The lowest BCUT2D eigenvalue weighted by atomic mass is 10.2. The summed E-state index contributed by atoms with van der Waals surface area (Å²) in [7, 11) is 0. The molecule has 0 aromatic rings. The van der Waals surface area contributed by atoms with Gasteiger partial charge in [-0.2, -0.15) is 0 Å². The van der Waals surface area contributed by atoms with Crippen molar-refractivity contribution in [3.05, 3.63) is 0 Å². The van der Waals surface area contributed by atoms with Gasteiger partial charge in [-0.05, 0) is 13.3 Å². The van der Waals surface area contributed by atoms with Gasteiger partial charge in [0.2, 0.25) is 0 Å². The van der Waals surface area contributed by atoms with Crippen LogP contribution in [-0.4, -0.2) is 6.04 Å². The molecule has 1 unspecified atom stereocenters. The van der Waals surface area contributed by atoms with Crippen LogP contribution in [0.4, 0.5) is 0 Å². The van der Waals surface area contributed by atoms with Gasteiger partial charge in [0, 0.05) is 18.9 Å². The molecule has 0 heterocycles. The van der Waals surface area contributed by atoms with Crippen LogP contribution >= 0.6 is 0 Å². The molecule has 1 atom stereocenters. The molecule has 0 aliphatic carbocycles. The van der Waals surface area contributed by atoms with Gasteiger partial charge in [0.1, 0.15) is 0 Å². The van der Waals surface area contributed by atoms with E-state index >= 15 is 0 Å². The highest BCUT2D eigenvalue weighted by atomic mass is 14.6. The maximum Gasteiger partial charge on any atom is 0.0238 e. The molecule has 0 bridgehead atoms. The minimum Gasteiger partial charge on any atom is -0.327 e. The summed E-state index contributed by atoms with van der Waals surface area (Å²) < 4.78 is 0. The lowest BCUT2D eigenvalue weighted by Crippen LogP contribution is -2.12. The normalized spacial score (nSPS) is 11.9. The van der Waals surface area contributed by atoms with E-state index in [1.807, 2.05) is 6.92 Å². The standard InChI is InChI=1S/C10H19N/c1-3-4-5-6-7-8-9-10(2)11/h10H,3-6,9,11H2,1-2H3. The van der Waals surface area contributed by atoms with Crippen LogP contribution < -0.4 is 5.73 Å². The molecule has 0 rings (SSSR count). The van der Waals surface area contributed by atoms with Crippen LogP contribution in [0.1, 0.15) is 46.0 Å². The van der Waals surface area contributed by atoms with Gasteiger partial charge in [-0.3, -0.25) is 0 Å². The Labute approximate surface area is 70.4 Å². The Morgan fingerprint density at radius 1 is 1.27 bits per heavy atom. The van der Waals surface area contributed by atoms with E-state index in [9.17, 15) is 0 Å². The second-order valence-electron chi connectivity index (χ2n) is 2.99. The predicted molar refractivity (Wildman–Crippen MR) is 50.2 cm³/mol. The Morgan fingerprint density at radius 3 is 2.55 bits per heavy atom. The first-order valence-corrected chi connectivity index (χ1v) is 4.48. The molecule has 0 spiro atoms. The van der Waals surface area contributed by atoms with Gasteiger partial charge in [0.25, 0.3) is 0 Å². The lowest BCUT2D eigenvalue weighted by Gasteiger charge is -1.94. The molecular formula is C10H19N. The van der Waals surface area contributed by atoms with Gasteiger partial charge in [-0.1, -0.05) is 19.8 Å². The van der Waals surface area contributed by atoms with Crippen molar-refractivity contribution in [3.63, 3.8) is 0 Å². The highest BCUT2D eigenvalue weighted by Crippen LogP contribution is 1.96. The van der Waals surface area contributed by atoms with Crippen molar-refractivity contribution in [2.45, 2.75) is 52.0 Å². The Bertz CT molecular complexity index is 128. The summed E-state index contributed by atoms with van der Waals surface area (Å²) in [4.78, 5) is 0. The van der Waals surface area contributed by atoms with Gasteiger partial charge < -0.3 is 5.73 Å². The highest BCUT2D eigenvalue weighted by molar-refractivity contribution is 5.00. The molecule has 0 aromatic carbocycles. The molecule has 2 N–H and O–H groups in total. The third-order valence-corrected chi connectivity index (χ3v) is 1.45. The van der Waals surface area contributed by atoms with Crippen LogP contribution in [0.3, 0.4) is 0 Å². The van der Waals surface area contributed by atoms with Crippen LogP contribution in [0, 0.1) is 11.8 Å². The zero-order chi connectivity index (χ0) is 8.53. The van der Waals surface area contributed by atoms with Crippen LogP contribution in [0.25, 0.3) is 0 Å². The first-order valence-electron chi connectivity index (χ1n) is 4.48. The van der Waals surface area contributed by atoms with Crippen molar-refractivity contribution in [1.29, 1.82) is 0 Å². The summed E-state index contributed by atoms with van der Waals surface area (Å²) >= 11 is 0. The van der Waals surface area contributed by atoms with Crippen LogP contribution in [0.5, 0.6) is 0 Å². The van der Waals surface area contributed by atoms with Crippen molar-refractivity contribution in [1.82, 2.24) is 0 Å². The number of nitrogens with two attached hydrogens (primary N) is 1. The van der Waals surface area contributed by atoms with Crippen LogP contribution in [0.15, 0.2) is 0 Å². The molecule has 0 saturated carbocycles. The molecular weight excluding hydrogens is 134 g/mol. The summed E-state index contributed by atoms with van der Waals surface area (Å²) in [5.41, 5.74) is 5.53. The number of hydrogen-bond acceptors (Lipinski definition) is 1. The highest BCUT2D eigenvalue weighted by Gasteiger charge is 1.85. The Balaban J connectivity index is 3.12. The van der Waals surface area contributed by atoms with E-state index in [1.54, 1.807) is 0 Å². The number of hydrogen-bond donors (Lipinski definition) is 1. The molecule has 0 radical (unpaired) electrons. The average molecular weight is 153 g/mol. The minimum atomic E-state index is 0.230. The molecule has 64 valence electrons. The van der Waals surface area contributed by atoms with E-state index < -0.39 is 0 Å². The Hall–Kier alpha value is -0.480. The third kappa shape index (κ3) is 9.52. The van der Waals surface area contributed by atoms with Crippen LogP contribution in [0.2, 0.25) is 0 Å². The van der Waals surface area contributed by atoms with Crippen molar-refractivity contribution in [2.75, 3.05) is 0 Å². The smallest absolute Gasteiger partial charge is 0.0238 e. The zero-order valence-corrected chi connectivity index (χ0v) is 7.69. The summed E-state index contributed by atoms with van der Waals surface area (Å²) in [6.45, 7) is 4.19. The Kier molecular flexibility index (Phi) is 7.29. The largest absolute Gasteiger partial charge is 0.327 e. The average Bonchev–Trinajstić information content (AvgIpc) is 1.96. The molecule has 11 heavy (non-hydrogen) atoms. The predicted octanol–water partition coefficient (Wildman–Crippen LogP) is 2.31. The molecule has 0 aliphatic heterocycles. The van der Waals surface area contributed by atoms with E-state index in [2.05, 4.69) is 18.8 Å². The molecule has 0 amide bonds. The van der Waals surface area contributed by atoms with Gasteiger partial charge in [-0.25, -0.2) is 0 Å². The van der Waals surface area contributed by atoms with E-state index in [4.69, 9.17) is 5.73 Å². The molecule has 1 nitrogen and oxygen atoms in total. The monoisotopic (exact) mass is 153 g/mol. The summed E-state index contributed by atoms with van der Waals surface area (Å²) in [5, 5.41) is 0. The van der Waals surface area contributed by atoms with Gasteiger partial charge in [0.15, 0.2) is 0 Å². The van der Waals surface area contributed by atoms with Gasteiger partial charge >= 0.3 is 0 Å². The maximum absolute atomic E-state index is 5.53. The fourth-order valence-electron chi connectivity index (χ4n) is 0.785. The molecule has 0 fully saturated rings. The second kappa shape index (κ2) is 7.63. The second-order valence-corrected chi connectivity index (χ2v) is 2.99. The fraction of sp³-hybridized carbons (Fsp3) is 0.800. The summed E-state index contributed by atoms with van der Waals surface area (Å²) in [5.74, 6) is 6.19. The van der Waals surface area contributed by atoms with E-state index in [0.29, 0.717) is 0 Å². The zero-order valence-electron chi connectivity index (χ0n) is 7.69. The number of rotatable bonds is 4. The van der Waals surface area contributed by atoms with Crippen molar-refractivity contribution in [3.8, 4) is 11.8 Å². The van der Waals surface area contributed by atoms with Crippen molar-refractivity contribution in [2.24, 2.45) is 5.73 Å². The molecule has 0 aliphatic rings. The summed E-state index contributed by atoms with van der Waals surface area (Å²) in [6.07, 6.45) is 5.69. The van der Waals surface area contributed by atoms with E-state index in [-0.39, 0.29) is 6.04 Å². The topological polar surface area (TPSA) is 26.0 Å². The lowest BCUT2D eigenvalue weighted by molar-refractivity contribution is 0.734. The third-order valence-electron chi connectivity index (χ3n) is 1.45. The first-order chi connectivity index (χ1) is 5.27. The SMILES string of the molecule is CCCCCC#CCC(C)N. The quantitative estimate of drug-likeness (QED) is 0.487. The van der Waals surface area contributed by atoms with Crippen molar-refractivity contribution >= 4 is 0 Å². The molecule has 1 heteroatoms. The number of unbranched alkanes of at least 4 members (excludes halogenated alkanes) is 3. The van der Waals surface area contributed by atoms with Crippen LogP contribution in [-0.2, 0) is 0 Å². The van der Waals surface area contributed by atoms with E-state index in [1.165, 1.54) is 19.3 Å². The molecule has 0 saturated heterocycles.